The second-order valence-electron chi connectivity index (χ2n) is 22.3. The number of anilines is 2. The smallest absolute Gasteiger partial charge is 0.338 e. The molecule has 1 aliphatic heterocycles. The van der Waals surface area contributed by atoms with E-state index >= 15 is 0 Å². The van der Waals surface area contributed by atoms with E-state index in [1.54, 1.807) is 38.1 Å². The van der Waals surface area contributed by atoms with Gasteiger partial charge in [-0.25, -0.2) is 19.3 Å². The predicted octanol–water partition coefficient (Wildman–Crippen LogP) is 16.1. The maximum Gasteiger partial charge on any atom is 0.338 e. The number of nitriles is 1. The summed E-state index contributed by atoms with van der Waals surface area (Å²) in [4.78, 5) is 61.4. The number of Topliss-reactive ketones (excluding diaryl/α,β-unsaturated/α-hetero) is 1. The van der Waals surface area contributed by atoms with Gasteiger partial charge >= 0.3 is 17.9 Å². The number of benzene rings is 5. The maximum atomic E-state index is 12.3. The van der Waals surface area contributed by atoms with Gasteiger partial charge in [-0.2, -0.15) is 25.7 Å². The topological polar surface area (TPSA) is 246 Å². The van der Waals surface area contributed by atoms with Crippen LogP contribution in [0.2, 0.25) is 0 Å². The minimum absolute atomic E-state index is 0.00779. The van der Waals surface area contributed by atoms with Crippen LogP contribution in [0.1, 0.15) is 91.6 Å². The second kappa shape index (κ2) is 40.0. The number of thiophene rings is 2. The summed E-state index contributed by atoms with van der Waals surface area (Å²) < 4.78 is 37.7. The van der Waals surface area contributed by atoms with Crippen molar-refractivity contribution < 1.29 is 57.4 Å². The van der Waals surface area contributed by atoms with Gasteiger partial charge in [-0.1, -0.05) is 98.6 Å². The zero-order valence-corrected chi connectivity index (χ0v) is 56.7. The molecule has 2 unspecified atom stereocenters. The van der Waals surface area contributed by atoms with Crippen LogP contribution in [0.25, 0.3) is 14.5 Å². The Morgan fingerprint density at radius 2 is 1.02 bits per heavy atom. The lowest BCUT2D eigenvalue weighted by Crippen LogP contribution is -2.27. The Labute approximate surface area is 574 Å². The first-order valence-electron chi connectivity index (χ1n) is 31.6. The van der Waals surface area contributed by atoms with E-state index in [2.05, 4.69) is 92.0 Å². The molecule has 0 bridgehead atoms. The molecule has 24 heteroatoms. The van der Waals surface area contributed by atoms with Gasteiger partial charge in [-0.15, -0.1) is 22.7 Å². The Morgan fingerprint density at radius 3 is 1.47 bits per heavy atom. The highest BCUT2D eigenvalue weighted by Crippen LogP contribution is 2.48. The van der Waals surface area contributed by atoms with Gasteiger partial charge in [0.1, 0.15) is 22.7 Å². The van der Waals surface area contributed by atoms with Crippen LogP contribution in [-0.4, -0.2) is 121 Å². The quantitative estimate of drug-likeness (QED) is 0.0103. The third-order valence-corrected chi connectivity index (χ3v) is 17.7. The van der Waals surface area contributed by atoms with Gasteiger partial charge in [0.2, 0.25) is 16.4 Å². The number of rotatable bonds is 32. The lowest BCUT2D eigenvalue weighted by atomic mass is 9.81. The first kappa shape index (κ1) is 74.7. The zero-order chi connectivity index (χ0) is 69.3. The molecule has 1 aliphatic carbocycles. The molecule has 0 spiro atoms. The number of hydrogen-bond donors (Lipinski definition) is 1. The predicted molar refractivity (Wildman–Crippen MR) is 372 cm³/mol. The third kappa shape index (κ3) is 22.7. The molecular formula is C73H78N10O12S2. The van der Waals surface area contributed by atoms with Crippen molar-refractivity contribution in [3.8, 4) is 6.07 Å². The van der Waals surface area contributed by atoms with E-state index in [0.29, 0.717) is 138 Å². The minimum Gasteiger partial charge on any atom is -0.460 e. The van der Waals surface area contributed by atoms with E-state index in [1.165, 1.54) is 40.7 Å². The van der Waals surface area contributed by atoms with E-state index < -0.39 is 5.97 Å². The largest absolute Gasteiger partial charge is 0.460 e. The van der Waals surface area contributed by atoms with Gasteiger partial charge in [0.05, 0.1) is 126 Å². The number of aryl methyl sites for hydroxylation is 2. The Hall–Kier alpha value is -9.70. The van der Waals surface area contributed by atoms with Gasteiger partial charge in [0, 0.05) is 43.1 Å². The zero-order valence-electron chi connectivity index (χ0n) is 55.1. The molecule has 97 heavy (non-hydrogen) atoms. The summed E-state index contributed by atoms with van der Waals surface area (Å²) in [7, 11) is 0. The fraction of sp³-hybridized carbons (Fsp3) is 0.370. The van der Waals surface area contributed by atoms with E-state index in [-0.39, 0.29) is 54.9 Å². The lowest BCUT2D eigenvalue weighted by molar-refractivity contribution is -0.153. The summed E-state index contributed by atoms with van der Waals surface area (Å²) in [6.07, 6.45) is 3.80. The summed E-state index contributed by atoms with van der Waals surface area (Å²) >= 11 is 2.36. The average Bonchev–Trinajstić information content (AvgIpc) is 1.73. The number of fused-ring (bicyclic) bond motifs is 1. The SMILES string of the molecule is O=C1OC(=O)C2CCCCC12.[C-]#[N+]c1c(N=Nc2ccc(N(CCOCCOCCOCCOCCOC(=O)c3ccccc3C(C)=O)Cc3ccccc3)cc2C)sc(C#N)c1C.[C-]#[N+]c1sc(N=Nc2ccc(N(CCOCCO)Cc3ccccc3)cc2C)c([N+]#[C-])c1C. The van der Waals surface area contributed by atoms with Crippen molar-refractivity contribution in [2.75, 3.05) is 102 Å². The number of esters is 3. The number of hydrogen-bond acceptors (Lipinski definition) is 21. The third-order valence-electron chi connectivity index (χ3n) is 15.5. The van der Waals surface area contributed by atoms with Crippen LogP contribution >= 0.6 is 22.7 Å². The number of ketones is 1. The number of carbonyl (C=O) groups is 4. The molecule has 9 rings (SSSR count). The van der Waals surface area contributed by atoms with Crippen LogP contribution in [0, 0.1) is 70.6 Å². The number of nitrogens with zero attached hydrogens (tertiary/aromatic N) is 10. The Morgan fingerprint density at radius 1 is 0.577 bits per heavy atom. The monoisotopic (exact) mass is 1350 g/mol. The fourth-order valence-electron chi connectivity index (χ4n) is 10.3. The summed E-state index contributed by atoms with van der Waals surface area (Å²) in [5, 5.41) is 37.0. The molecule has 7 aromatic rings. The van der Waals surface area contributed by atoms with Gasteiger partial charge < -0.3 is 48.1 Å². The lowest BCUT2D eigenvalue weighted by Gasteiger charge is -2.25. The van der Waals surface area contributed by atoms with Gasteiger partial charge in [-0.05, 0) is 116 Å². The van der Waals surface area contributed by atoms with Crippen LogP contribution < -0.4 is 9.80 Å². The summed E-state index contributed by atoms with van der Waals surface area (Å²) in [6.45, 7) is 37.8. The van der Waals surface area contributed by atoms with Crippen molar-refractivity contribution in [1.29, 1.82) is 5.26 Å². The molecule has 3 heterocycles. The first-order valence-corrected chi connectivity index (χ1v) is 33.3. The standard InChI is InChI=1S/C40H43N5O7S.C25H25N5O2S.C8H10O3/c1-29-26-33(14-15-36(29)43-44-39-38(42-4)30(2)37(27-41)53-39)45(28-32-10-6-5-7-11-32)16-17-48-18-19-49-20-21-50-22-23-51-24-25-52-40(47)35-13-9-8-12-34(35)31(3)46;1-18-16-21(30(12-14-32-15-13-31)17-20-8-6-5-7-9-20)10-11-22(18)28-29-25-23(26-3)19(2)24(27-4)33-25;9-7-5-3-1-2-4-6(5)8(10)11-7/h5-15,26H,16-25,28H2,1-3H3;5-11,16,31H,12-15,17H2,1-2H3;5-6H,1-4H2. The molecule has 1 N–H and O–H groups in total. The molecule has 2 aromatic heterocycles. The number of cyclic esters (lactones) is 2. The molecule has 0 amide bonds. The van der Waals surface area contributed by atoms with Crippen LogP contribution in [0.4, 0.5) is 49.1 Å². The van der Waals surface area contributed by atoms with Crippen LogP contribution in [-0.2, 0) is 55.8 Å². The molecule has 504 valence electrons. The van der Waals surface area contributed by atoms with Gasteiger partial charge in [-0.3, -0.25) is 14.4 Å². The van der Waals surface area contributed by atoms with Crippen LogP contribution in [0.15, 0.2) is 142 Å². The summed E-state index contributed by atoms with van der Waals surface area (Å²) in [6, 6.07) is 41.1. The van der Waals surface area contributed by atoms with Crippen LogP contribution in [0.5, 0.6) is 0 Å². The molecule has 2 aliphatic rings. The minimum atomic E-state index is -0.553. The van der Waals surface area contributed by atoms with E-state index in [9.17, 15) is 24.4 Å². The number of aliphatic hydroxyl groups is 1. The molecule has 1 saturated carbocycles. The Kier molecular flexibility index (Phi) is 30.8. The molecule has 1 saturated heterocycles. The Bertz CT molecular complexity index is 3980. The fourth-order valence-corrected chi connectivity index (χ4v) is 12.1. The normalized spacial score (nSPS) is 13.8. The van der Waals surface area contributed by atoms with Gasteiger partial charge in [0.25, 0.3) is 0 Å². The van der Waals surface area contributed by atoms with Crippen molar-refractivity contribution in [1.82, 2.24) is 0 Å². The molecule has 2 atom stereocenters. The van der Waals surface area contributed by atoms with Crippen molar-refractivity contribution in [3.63, 3.8) is 0 Å². The number of aliphatic hydroxyl groups excluding tert-OH is 1. The molecule has 5 aromatic carbocycles. The van der Waals surface area contributed by atoms with E-state index in [0.717, 1.165) is 54.7 Å². The molecule has 2 fully saturated rings. The average molecular weight is 1350 g/mol. The van der Waals surface area contributed by atoms with E-state index in [1.807, 2.05) is 74.5 Å². The molecule has 0 radical (unpaired) electrons. The highest BCUT2D eigenvalue weighted by molar-refractivity contribution is 7.20. The number of ether oxygens (including phenoxy) is 7. The second-order valence-corrected chi connectivity index (χ2v) is 24.2. The Balaban J connectivity index is 0.000000252. The summed E-state index contributed by atoms with van der Waals surface area (Å²) in [5.74, 6) is -1.53. The van der Waals surface area contributed by atoms with Gasteiger partial charge in [0.15, 0.2) is 5.78 Å². The maximum absolute atomic E-state index is 12.3. The van der Waals surface area contributed by atoms with Crippen molar-refractivity contribution in [3.05, 3.63) is 205 Å². The van der Waals surface area contributed by atoms with Crippen molar-refractivity contribution >= 4 is 95.5 Å². The number of azo groups is 2. The first-order chi connectivity index (χ1) is 47.2. The number of carbonyl (C=O) groups excluding carboxylic acids is 4. The highest BCUT2D eigenvalue weighted by atomic mass is 32.1. The van der Waals surface area contributed by atoms with Crippen LogP contribution in [0.3, 0.4) is 0 Å². The summed E-state index contributed by atoms with van der Waals surface area (Å²) in [5.41, 5.74) is 10.3. The molecule has 22 nitrogen and oxygen atoms in total. The van der Waals surface area contributed by atoms with Crippen molar-refractivity contribution in [2.45, 2.75) is 73.4 Å². The highest BCUT2D eigenvalue weighted by Gasteiger charge is 2.45. The van der Waals surface area contributed by atoms with E-state index in [4.69, 9.17) is 53.2 Å². The van der Waals surface area contributed by atoms with Crippen molar-refractivity contribution in [2.24, 2.45) is 32.3 Å². The molecular weight excluding hydrogens is 1270 g/mol.